The number of carbonyl (C=O) groups is 1. The normalized spacial score (nSPS) is 10.7. The molecular formula is C11H9ClOSSe. The van der Waals surface area contributed by atoms with Gasteiger partial charge in [0, 0.05) is 0 Å². The van der Waals surface area contributed by atoms with Crippen LogP contribution in [0.4, 0.5) is 0 Å². The minimum absolute atomic E-state index is 0.261. The summed E-state index contributed by atoms with van der Waals surface area (Å²) < 4.78 is 2.88. The molecule has 0 spiro atoms. The van der Waals surface area contributed by atoms with E-state index in [0.717, 1.165) is 5.75 Å². The van der Waals surface area contributed by atoms with Crippen molar-refractivity contribution in [1.82, 2.24) is 0 Å². The topological polar surface area (TPSA) is 17.1 Å². The summed E-state index contributed by atoms with van der Waals surface area (Å²) in [5, 5.41) is 1.08. The molecule has 78 valence electrons. The van der Waals surface area contributed by atoms with Crippen LogP contribution in [0.25, 0.3) is 9.65 Å². The number of thioether (sulfide) groups is 1. The van der Waals surface area contributed by atoms with Crippen molar-refractivity contribution in [3.8, 4) is 0 Å². The molecule has 1 aromatic carbocycles. The summed E-state index contributed by atoms with van der Waals surface area (Å²) in [5.74, 6) is 1.33. The van der Waals surface area contributed by atoms with Gasteiger partial charge in [-0.25, -0.2) is 0 Å². The van der Waals surface area contributed by atoms with Gasteiger partial charge in [-0.2, -0.15) is 0 Å². The van der Waals surface area contributed by atoms with Gasteiger partial charge in [-0.15, -0.1) is 0 Å². The molecule has 4 heteroatoms. The van der Waals surface area contributed by atoms with E-state index in [1.807, 2.05) is 0 Å². The molecule has 0 saturated carbocycles. The van der Waals surface area contributed by atoms with Crippen LogP contribution in [0.15, 0.2) is 30.3 Å². The zero-order chi connectivity index (χ0) is 10.7. The number of hydrogen-bond donors (Lipinski definition) is 0. The zero-order valence-corrected chi connectivity index (χ0v) is 11.2. The summed E-state index contributed by atoms with van der Waals surface area (Å²) in [7, 11) is 0. The minimum atomic E-state index is -0.261. The summed E-state index contributed by atoms with van der Waals surface area (Å²) in [5.41, 5.74) is 0. The first-order chi connectivity index (χ1) is 7.25. The van der Waals surface area contributed by atoms with E-state index in [1.54, 1.807) is 11.8 Å². The predicted molar refractivity (Wildman–Crippen MR) is 67.9 cm³/mol. The van der Waals surface area contributed by atoms with Gasteiger partial charge in [0.1, 0.15) is 0 Å². The first kappa shape index (κ1) is 11.3. The van der Waals surface area contributed by atoms with E-state index in [9.17, 15) is 4.79 Å². The van der Waals surface area contributed by atoms with Crippen LogP contribution >= 0.6 is 23.4 Å². The Labute approximate surface area is 104 Å². The fraction of sp³-hybridized carbons (Fsp3) is 0.182. The fourth-order valence-corrected chi connectivity index (χ4v) is 4.88. The van der Waals surface area contributed by atoms with E-state index in [-0.39, 0.29) is 5.24 Å². The van der Waals surface area contributed by atoms with Gasteiger partial charge >= 0.3 is 104 Å². The first-order valence-corrected chi connectivity index (χ1v) is 7.74. The summed E-state index contributed by atoms with van der Waals surface area (Å²) in [6.45, 7) is 0. The molecule has 0 N–H and O–H groups in total. The summed E-state index contributed by atoms with van der Waals surface area (Å²) >= 11 is 7.32. The van der Waals surface area contributed by atoms with Crippen LogP contribution in [0, 0.1) is 0 Å². The molecule has 0 saturated heterocycles. The number of halogens is 1. The monoisotopic (exact) mass is 304 g/mol. The number of fused-ring (bicyclic) bond motifs is 1. The standard InChI is InChI=1S/C11H9ClOSSe/c12-11(13)7-14-6-9-5-8-3-1-2-4-10(8)15-9/h1-5H,6-7H2. The number of carbonyl (C=O) groups excluding carboxylic acids is 1. The van der Waals surface area contributed by atoms with Crippen LogP contribution in [0.3, 0.4) is 0 Å². The Kier molecular flexibility index (Phi) is 3.92. The third-order valence-electron chi connectivity index (χ3n) is 1.94. The van der Waals surface area contributed by atoms with Crippen molar-refractivity contribution in [2.75, 3.05) is 5.75 Å². The molecule has 1 aromatic heterocycles. The Balaban J connectivity index is 2.05. The van der Waals surface area contributed by atoms with Gasteiger partial charge in [0.05, 0.1) is 0 Å². The van der Waals surface area contributed by atoms with Gasteiger partial charge in [-0.05, 0) is 0 Å². The van der Waals surface area contributed by atoms with Crippen LogP contribution in [-0.2, 0) is 10.5 Å². The molecule has 15 heavy (non-hydrogen) atoms. The zero-order valence-electron chi connectivity index (χ0n) is 7.90. The molecule has 2 rings (SSSR count). The Morgan fingerprint density at radius 1 is 1.40 bits per heavy atom. The Bertz CT molecular complexity index is 447. The van der Waals surface area contributed by atoms with Crippen LogP contribution < -0.4 is 0 Å². The van der Waals surface area contributed by atoms with E-state index < -0.39 is 0 Å². The van der Waals surface area contributed by atoms with Gasteiger partial charge in [0.2, 0.25) is 0 Å². The van der Waals surface area contributed by atoms with Crippen LogP contribution in [0.5, 0.6) is 0 Å². The van der Waals surface area contributed by atoms with E-state index in [4.69, 9.17) is 11.6 Å². The molecule has 1 nitrogen and oxygen atoms in total. The third-order valence-corrected chi connectivity index (χ3v) is 5.96. The quantitative estimate of drug-likeness (QED) is 0.638. The molecule has 0 atom stereocenters. The molecule has 1 heterocycles. The molecule has 0 radical (unpaired) electrons. The summed E-state index contributed by atoms with van der Waals surface area (Å²) in [6, 6.07) is 10.7. The van der Waals surface area contributed by atoms with Crippen LogP contribution in [0.1, 0.15) is 4.44 Å². The van der Waals surface area contributed by atoms with Gasteiger partial charge in [-0.3, -0.25) is 0 Å². The molecule has 0 fully saturated rings. The van der Waals surface area contributed by atoms with Crippen molar-refractivity contribution in [3.63, 3.8) is 0 Å². The number of hydrogen-bond acceptors (Lipinski definition) is 2. The van der Waals surface area contributed by atoms with Crippen molar-refractivity contribution in [2.45, 2.75) is 5.75 Å². The number of benzene rings is 1. The van der Waals surface area contributed by atoms with Crippen molar-refractivity contribution >= 4 is 52.8 Å². The summed E-state index contributed by atoms with van der Waals surface area (Å²) in [6.07, 6.45) is 0. The average Bonchev–Trinajstić information content (AvgIpc) is 2.59. The maximum absolute atomic E-state index is 10.6. The van der Waals surface area contributed by atoms with Gasteiger partial charge in [0.25, 0.3) is 0 Å². The Morgan fingerprint density at radius 2 is 2.20 bits per heavy atom. The summed E-state index contributed by atoms with van der Waals surface area (Å²) in [4.78, 5) is 10.6. The molecule has 0 amide bonds. The molecule has 0 aliphatic rings. The Hall–Kier alpha value is -0.211. The maximum atomic E-state index is 10.6. The van der Waals surface area contributed by atoms with E-state index in [2.05, 4.69) is 30.3 Å². The predicted octanol–water partition coefficient (Wildman–Crippen LogP) is 2.90. The second-order valence-electron chi connectivity index (χ2n) is 3.10. The molecule has 0 bridgehead atoms. The van der Waals surface area contributed by atoms with E-state index >= 15 is 0 Å². The van der Waals surface area contributed by atoms with Crippen molar-refractivity contribution in [2.24, 2.45) is 0 Å². The fourth-order valence-electron chi connectivity index (χ4n) is 1.34. The number of rotatable bonds is 4. The van der Waals surface area contributed by atoms with Gasteiger partial charge in [-0.1, -0.05) is 0 Å². The second-order valence-corrected chi connectivity index (χ2v) is 6.96. The van der Waals surface area contributed by atoms with Gasteiger partial charge < -0.3 is 0 Å². The van der Waals surface area contributed by atoms with Crippen molar-refractivity contribution < 1.29 is 4.79 Å². The Morgan fingerprint density at radius 3 is 2.93 bits per heavy atom. The van der Waals surface area contributed by atoms with Crippen molar-refractivity contribution in [3.05, 3.63) is 34.8 Å². The van der Waals surface area contributed by atoms with Crippen LogP contribution in [0.2, 0.25) is 0 Å². The molecule has 0 aliphatic heterocycles. The van der Waals surface area contributed by atoms with Gasteiger partial charge in [0.15, 0.2) is 0 Å². The van der Waals surface area contributed by atoms with Crippen LogP contribution in [-0.4, -0.2) is 25.5 Å². The first-order valence-electron chi connectivity index (χ1n) is 4.49. The second kappa shape index (κ2) is 5.22. The SMILES string of the molecule is O=C(Cl)CSCc1cc2ccccc2[se]1. The molecule has 2 aromatic rings. The third kappa shape index (κ3) is 3.12. The molecule has 0 aliphatic carbocycles. The van der Waals surface area contributed by atoms with E-state index in [0.29, 0.717) is 20.3 Å². The van der Waals surface area contributed by atoms with E-state index in [1.165, 1.54) is 14.1 Å². The average molecular weight is 304 g/mol. The molecule has 0 unspecified atom stereocenters. The molecular weight excluding hydrogens is 295 g/mol. The van der Waals surface area contributed by atoms with Crippen molar-refractivity contribution in [1.29, 1.82) is 0 Å².